The van der Waals surface area contributed by atoms with Crippen molar-refractivity contribution in [3.8, 4) is 0 Å². The molecule has 2 aliphatic heterocycles. The fourth-order valence-corrected chi connectivity index (χ4v) is 5.97. The molecule has 2 aliphatic rings. The first kappa shape index (κ1) is 35.3. The fraction of sp³-hybridized carbons (Fsp3) is 0.312. The molecule has 48 heavy (non-hydrogen) atoms. The lowest BCUT2D eigenvalue weighted by Gasteiger charge is -2.39. The van der Waals surface area contributed by atoms with Gasteiger partial charge in [0.15, 0.2) is 0 Å². The van der Waals surface area contributed by atoms with E-state index in [9.17, 15) is 35.9 Å². The third-order valence-electron chi connectivity index (χ3n) is 7.62. The van der Waals surface area contributed by atoms with Crippen LogP contribution in [0.15, 0.2) is 72.3 Å². The number of nitrogens with zero attached hydrogens (tertiary/aromatic N) is 2. The smallest absolute Gasteiger partial charge is 0.377 e. The van der Waals surface area contributed by atoms with Crippen LogP contribution in [-0.2, 0) is 19.1 Å². The van der Waals surface area contributed by atoms with Gasteiger partial charge in [-0.3, -0.25) is 9.59 Å². The molecule has 0 aromatic heterocycles. The van der Waals surface area contributed by atoms with Gasteiger partial charge in [0.2, 0.25) is 0 Å². The Morgan fingerprint density at radius 3 is 1.54 bits per heavy atom. The highest BCUT2D eigenvalue weighted by Gasteiger charge is 2.47. The summed E-state index contributed by atoms with van der Waals surface area (Å²) in [5, 5.41) is 5.45. The van der Waals surface area contributed by atoms with E-state index < -0.39 is 55.0 Å². The number of benzene rings is 3. The number of alkyl halides is 6. The molecule has 0 saturated carbocycles. The first-order chi connectivity index (χ1) is 22.7. The van der Waals surface area contributed by atoms with Crippen LogP contribution in [0.2, 0.25) is 10.0 Å². The van der Waals surface area contributed by atoms with Crippen LogP contribution in [0.1, 0.15) is 5.56 Å². The molecule has 256 valence electrons. The number of hydrogen-bond acceptors (Lipinski definition) is 6. The number of rotatable bonds is 7. The summed E-state index contributed by atoms with van der Waals surface area (Å²) in [4.78, 5) is 29.8. The van der Waals surface area contributed by atoms with Crippen molar-refractivity contribution < 1.29 is 45.4 Å². The van der Waals surface area contributed by atoms with E-state index in [4.69, 9.17) is 32.7 Å². The Balaban J connectivity index is 1.50. The van der Waals surface area contributed by atoms with Gasteiger partial charge >= 0.3 is 12.4 Å². The predicted molar refractivity (Wildman–Crippen MR) is 171 cm³/mol. The monoisotopic (exact) mass is 716 g/mol. The molecule has 0 bridgehead atoms. The molecule has 2 saturated heterocycles. The van der Waals surface area contributed by atoms with Crippen molar-refractivity contribution in [1.29, 1.82) is 0 Å². The summed E-state index contributed by atoms with van der Waals surface area (Å²) in [6.07, 6.45) is -8.13. The van der Waals surface area contributed by atoms with E-state index in [0.717, 1.165) is 15.9 Å². The summed E-state index contributed by atoms with van der Waals surface area (Å²) in [7, 11) is 0. The standard InChI is InChI=1S/C32H28Cl2F6N4O4/c33-20-13-19(14-21(34)16-20)15-22(29(45)41-23-5-1-3-7-25(23)43-9-11-47-17-27(43)31(35,36)37)30(46)42-24-6-2-4-8-26(24)44-10-12-48-18-28(44)32(38,39)40/h1-8,13-16,27-28H,9-12,17-18H2,(H,41,45)(H,42,46). The topological polar surface area (TPSA) is 83.1 Å². The van der Waals surface area contributed by atoms with Crippen molar-refractivity contribution in [2.24, 2.45) is 0 Å². The Kier molecular flexibility index (Phi) is 10.8. The highest BCUT2D eigenvalue weighted by atomic mass is 35.5. The molecule has 16 heteroatoms. The van der Waals surface area contributed by atoms with Gasteiger partial charge in [0.25, 0.3) is 11.8 Å². The lowest BCUT2D eigenvalue weighted by molar-refractivity contribution is -0.167. The summed E-state index contributed by atoms with van der Waals surface area (Å²) in [5.41, 5.74) is -0.283. The van der Waals surface area contributed by atoms with Crippen molar-refractivity contribution in [3.05, 3.63) is 87.9 Å². The van der Waals surface area contributed by atoms with E-state index in [-0.39, 0.29) is 64.7 Å². The first-order valence-electron chi connectivity index (χ1n) is 14.5. The highest BCUT2D eigenvalue weighted by molar-refractivity contribution is 6.35. The Hall–Kier alpha value is -3.98. The SMILES string of the molecule is O=C(Nc1ccccc1N1CCOCC1C(F)(F)F)C(=Cc1cc(Cl)cc(Cl)c1)C(=O)Nc1ccccc1N1CCOCC1C(F)(F)F. The molecular formula is C32H28Cl2F6N4O4. The quantitative estimate of drug-likeness (QED) is 0.117. The number of carbonyl (C=O) groups is 2. The Morgan fingerprint density at radius 1 is 0.708 bits per heavy atom. The van der Waals surface area contributed by atoms with E-state index in [1.165, 1.54) is 66.7 Å². The maximum absolute atomic E-state index is 13.9. The van der Waals surface area contributed by atoms with Crippen LogP contribution in [0.5, 0.6) is 0 Å². The maximum atomic E-state index is 13.9. The Bertz CT molecular complexity index is 1570. The molecule has 2 atom stereocenters. The molecule has 8 nitrogen and oxygen atoms in total. The Morgan fingerprint density at radius 2 is 1.12 bits per heavy atom. The molecule has 2 unspecified atom stereocenters. The maximum Gasteiger partial charge on any atom is 0.411 e. The normalized spacial score (nSPS) is 18.7. The first-order valence-corrected chi connectivity index (χ1v) is 15.3. The minimum atomic E-state index is -4.65. The third kappa shape index (κ3) is 8.35. The molecular weight excluding hydrogens is 689 g/mol. The molecule has 3 aromatic rings. The second-order valence-electron chi connectivity index (χ2n) is 10.9. The molecule has 2 fully saturated rings. The van der Waals surface area contributed by atoms with E-state index in [0.29, 0.717) is 0 Å². The summed E-state index contributed by atoms with van der Waals surface area (Å²) in [6.45, 7) is -1.47. The minimum Gasteiger partial charge on any atom is -0.377 e. The van der Waals surface area contributed by atoms with Crippen molar-refractivity contribution in [3.63, 3.8) is 0 Å². The molecule has 3 aromatic carbocycles. The third-order valence-corrected chi connectivity index (χ3v) is 8.06. The lowest BCUT2D eigenvalue weighted by Crippen LogP contribution is -2.53. The van der Waals surface area contributed by atoms with E-state index >= 15 is 0 Å². The lowest BCUT2D eigenvalue weighted by atomic mass is 10.1. The van der Waals surface area contributed by atoms with Gasteiger partial charge in [-0.15, -0.1) is 0 Å². The van der Waals surface area contributed by atoms with Crippen LogP contribution in [-0.4, -0.2) is 75.8 Å². The fourth-order valence-electron chi connectivity index (χ4n) is 5.42. The Labute approximate surface area is 281 Å². The van der Waals surface area contributed by atoms with Gasteiger partial charge in [-0.2, -0.15) is 26.3 Å². The average molecular weight is 717 g/mol. The number of hydrogen-bond donors (Lipinski definition) is 2. The zero-order valence-electron chi connectivity index (χ0n) is 24.9. The number of nitrogens with one attached hydrogen (secondary N) is 2. The van der Waals surface area contributed by atoms with Gasteiger partial charge in [-0.05, 0) is 54.1 Å². The number of anilines is 4. The van der Waals surface area contributed by atoms with Gasteiger partial charge in [0.1, 0.15) is 17.7 Å². The average Bonchev–Trinajstić information content (AvgIpc) is 3.03. The molecule has 5 rings (SSSR count). The second kappa shape index (κ2) is 14.6. The van der Waals surface area contributed by atoms with Gasteiger partial charge in [-0.1, -0.05) is 47.5 Å². The molecule has 2 amide bonds. The van der Waals surface area contributed by atoms with Crippen molar-refractivity contribution in [2.45, 2.75) is 24.4 Å². The summed E-state index contributed by atoms with van der Waals surface area (Å²) < 4.78 is 93.6. The number of amides is 2. The molecule has 0 aliphatic carbocycles. The molecule has 2 N–H and O–H groups in total. The van der Waals surface area contributed by atoms with Crippen LogP contribution < -0.4 is 20.4 Å². The van der Waals surface area contributed by atoms with Crippen LogP contribution in [0.3, 0.4) is 0 Å². The number of morpholine rings is 2. The van der Waals surface area contributed by atoms with Crippen molar-refractivity contribution >= 4 is 63.8 Å². The van der Waals surface area contributed by atoms with Crippen molar-refractivity contribution in [2.75, 3.05) is 60.0 Å². The van der Waals surface area contributed by atoms with E-state index in [2.05, 4.69) is 10.6 Å². The highest BCUT2D eigenvalue weighted by Crippen LogP contribution is 2.37. The van der Waals surface area contributed by atoms with E-state index in [1.807, 2.05) is 0 Å². The zero-order chi connectivity index (χ0) is 34.6. The summed E-state index contributed by atoms with van der Waals surface area (Å²) in [6, 6.07) is 11.8. The molecule has 0 spiro atoms. The van der Waals surface area contributed by atoms with E-state index in [1.54, 1.807) is 0 Å². The molecule has 2 heterocycles. The number of para-hydroxylation sites is 4. The van der Waals surface area contributed by atoms with Crippen LogP contribution >= 0.6 is 23.2 Å². The van der Waals surface area contributed by atoms with Crippen molar-refractivity contribution in [1.82, 2.24) is 0 Å². The predicted octanol–water partition coefficient (Wildman–Crippen LogP) is 7.19. The van der Waals surface area contributed by atoms with Gasteiger partial charge in [0, 0.05) is 23.1 Å². The van der Waals surface area contributed by atoms with Crippen LogP contribution in [0.25, 0.3) is 6.08 Å². The van der Waals surface area contributed by atoms with Gasteiger partial charge in [0.05, 0.1) is 49.2 Å². The zero-order valence-corrected chi connectivity index (χ0v) is 26.4. The van der Waals surface area contributed by atoms with Gasteiger partial charge < -0.3 is 29.9 Å². The number of ether oxygens (including phenoxy) is 2. The molecule has 0 radical (unpaired) electrons. The largest absolute Gasteiger partial charge is 0.411 e. The van der Waals surface area contributed by atoms with Gasteiger partial charge in [-0.25, -0.2) is 0 Å². The van der Waals surface area contributed by atoms with Crippen LogP contribution in [0.4, 0.5) is 49.1 Å². The summed E-state index contributed by atoms with van der Waals surface area (Å²) in [5.74, 6) is -2.05. The minimum absolute atomic E-state index is 0.00962. The number of halogens is 8. The number of carbonyl (C=O) groups excluding carboxylic acids is 2. The van der Waals surface area contributed by atoms with Crippen LogP contribution in [0, 0.1) is 0 Å². The second-order valence-corrected chi connectivity index (χ2v) is 11.7. The summed E-state index contributed by atoms with van der Waals surface area (Å²) >= 11 is 12.3.